The summed E-state index contributed by atoms with van der Waals surface area (Å²) >= 11 is 0. The molecule has 0 spiro atoms. The normalized spacial score (nSPS) is 13.0. The minimum atomic E-state index is -0.132. The van der Waals surface area contributed by atoms with E-state index in [0.29, 0.717) is 18.9 Å². The fraction of sp³-hybridized carbons (Fsp3) is 0.900. The van der Waals surface area contributed by atoms with Crippen LogP contribution in [0.15, 0.2) is 0 Å². The molecule has 0 aliphatic carbocycles. The quantitative estimate of drug-likeness (QED) is 0.508. The van der Waals surface area contributed by atoms with E-state index in [4.69, 9.17) is 9.84 Å². The molecule has 0 amide bonds. The smallest absolute Gasteiger partial charge is 0.308 e. The molecule has 0 aliphatic rings. The van der Waals surface area contributed by atoms with Gasteiger partial charge in [-0.2, -0.15) is 0 Å². The summed E-state index contributed by atoms with van der Waals surface area (Å²) < 4.78 is 5.02. The SMILES string of the molecule is CC(C)C(C)C(=O)OCCCCO. The number of hydrogen-bond acceptors (Lipinski definition) is 3. The summed E-state index contributed by atoms with van der Waals surface area (Å²) in [4.78, 5) is 11.3. The van der Waals surface area contributed by atoms with E-state index in [-0.39, 0.29) is 18.5 Å². The van der Waals surface area contributed by atoms with Gasteiger partial charge in [0.05, 0.1) is 12.5 Å². The number of hydrogen-bond donors (Lipinski definition) is 1. The van der Waals surface area contributed by atoms with Gasteiger partial charge in [-0.25, -0.2) is 0 Å². The van der Waals surface area contributed by atoms with Gasteiger partial charge in [0.1, 0.15) is 0 Å². The van der Waals surface area contributed by atoms with Gasteiger partial charge in [-0.1, -0.05) is 20.8 Å². The molecule has 78 valence electrons. The maximum Gasteiger partial charge on any atom is 0.308 e. The molecule has 0 rings (SSSR count). The Labute approximate surface area is 80.1 Å². The second kappa shape index (κ2) is 6.89. The van der Waals surface area contributed by atoms with E-state index in [1.165, 1.54) is 0 Å². The molecule has 0 heterocycles. The third-order valence-corrected chi connectivity index (χ3v) is 2.17. The summed E-state index contributed by atoms with van der Waals surface area (Å²) in [5.41, 5.74) is 0. The summed E-state index contributed by atoms with van der Waals surface area (Å²) in [6, 6.07) is 0. The molecule has 1 unspecified atom stereocenters. The predicted octanol–water partition coefficient (Wildman–Crippen LogP) is 1.59. The number of carbonyl (C=O) groups excluding carboxylic acids is 1. The highest BCUT2D eigenvalue weighted by molar-refractivity contribution is 5.72. The van der Waals surface area contributed by atoms with Crippen LogP contribution in [-0.4, -0.2) is 24.3 Å². The van der Waals surface area contributed by atoms with E-state index in [0.717, 1.165) is 6.42 Å². The maximum absolute atomic E-state index is 11.3. The van der Waals surface area contributed by atoms with Crippen molar-refractivity contribution in [2.45, 2.75) is 33.6 Å². The number of unbranched alkanes of at least 4 members (excludes halogenated alkanes) is 1. The van der Waals surface area contributed by atoms with Crippen LogP contribution in [-0.2, 0) is 9.53 Å². The van der Waals surface area contributed by atoms with Gasteiger partial charge in [0, 0.05) is 6.61 Å². The number of aliphatic hydroxyl groups excluding tert-OH is 1. The Hall–Kier alpha value is -0.570. The van der Waals surface area contributed by atoms with Gasteiger partial charge in [0.2, 0.25) is 0 Å². The molecule has 1 N–H and O–H groups in total. The highest BCUT2D eigenvalue weighted by Crippen LogP contribution is 2.11. The van der Waals surface area contributed by atoms with Gasteiger partial charge in [0.15, 0.2) is 0 Å². The van der Waals surface area contributed by atoms with Gasteiger partial charge < -0.3 is 9.84 Å². The molecule has 13 heavy (non-hydrogen) atoms. The van der Waals surface area contributed by atoms with Crippen molar-refractivity contribution in [1.82, 2.24) is 0 Å². The second-order valence-electron chi connectivity index (χ2n) is 3.63. The Kier molecular flexibility index (Phi) is 6.59. The lowest BCUT2D eigenvalue weighted by atomic mass is 9.99. The van der Waals surface area contributed by atoms with Crippen molar-refractivity contribution in [1.29, 1.82) is 0 Å². The number of rotatable bonds is 6. The number of carbonyl (C=O) groups is 1. The molecule has 0 aromatic carbocycles. The fourth-order valence-electron chi connectivity index (χ4n) is 0.790. The average molecular weight is 188 g/mol. The highest BCUT2D eigenvalue weighted by atomic mass is 16.5. The zero-order chi connectivity index (χ0) is 10.3. The lowest BCUT2D eigenvalue weighted by Crippen LogP contribution is -2.20. The molecular formula is C10H20O3. The molecule has 0 aromatic rings. The van der Waals surface area contributed by atoms with Crippen LogP contribution in [0, 0.1) is 11.8 Å². The zero-order valence-electron chi connectivity index (χ0n) is 8.75. The predicted molar refractivity (Wildman–Crippen MR) is 51.3 cm³/mol. The molecule has 0 aromatic heterocycles. The minimum Gasteiger partial charge on any atom is -0.465 e. The van der Waals surface area contributed by atoms with E-state index in [9.17, 15) is 4.79 Å². The topological polar surface area (TPSA) is 46.5 Å². The van der Waals surface area contributed by atoms with Crippen LogP contribution < -0.4 is 0 Å². The van der Waals surface area contributed by atoms with Crippen molar-refractivity contribution in [2.24, 2.45) is 11.8 Å². The summed E-state index contributed by atoms with van der Waals surface area (Å²) in [6.07, 6.45) is 1.44. The molecule has 0 aliphatic heterocycles. The van der Waals surface area contributed by atoms with E-state index < -0.39 is 0 Å². The lowest BCUT2D eigenvalue weighted by Gasteiger charge is -2.14. The third kappa shape index (κ3) is 5.64. The summed E-state index contributed by atoms with van der Waals surface area (Å²) in [7, 11) is 0. The zero-order valence-corrected chi connectivity index (χ0v) is 8.75. The van der Waals surface area contributed by atoms with Crippen LogP contribution in [0.2, 0.25) is 0 Å². The lowest BCUT2D eigenvalue weighted by molar-refractivity contribution is -0.149. The monoisotopic (exact) mass is 188 g/mol. The maximum atomic E-state index is 11.3. The van der Waals surface area contributed by atoms with Gasteiger partial charge in [-0.3, -0.25) is 4.79 Å². The third-order valence-electron chi connectivity index (χ3n) is 2.17. The molecule has 3 nitrogen and oxygen atoms in total. The summed E-state index contributed by atoms with van der Waals surface area (Å²) in [5.74, 6) is 0.160. The first-order valence-electron chi connectivity index (χ1n) is 4.87. The van der Waals surface area contributed by atoms with E-state index in [1.54, 1.807) is 0 Å². The van der Waals surface area contributed by atoms with Crippen molar-refractivity contribution in [2.75, 3.05) is 13.2 Å². The van der Waals surface area contributed by atoms with Crippen LogP contribution >= 0.6 is 0 Å². The van der Waals surface area contributed by atoms with Gasteiger partial charge >= 0.3 is 5.97 Å². The molecule has 0 saturated heterocycles. The molecular weight excluding hydrogens is 168 g/mol. The van der Waals surface area contributed by atoms with Crippen molar-refractivity contribution in [3.8, 4) is 0 Å². The first-order chi connectivity index (χ1) is 6.09. The number of aliphatic hydroxyl groups is 1. The van der Waals surface area contributed by atoms with Crippen LogP contribution in [0.3, 0.4) is 0 Å². The highest BCUT2D eigenvalue weighted by Gasteiger charge is 2.17. The first kappa shape index (κ1) is 12.4. The standard InChI is InChI=1S/C10H20O3/c1-8(2)9(3)10(12)13-7-5-4-6-11/h8-9,11H,4-7H2,1-3H3. The first-order valence-corrected chi connectivity index (χ1v) is 4.87. The summed E-state index contributed by atoms with van der Waals surface area (Å²) in [6.45, 7) is 6.46. The van der Waals surface area contributed by atoms with Crippen LogP contribution in [0.4, 0.5) is 0 Å². The molecule has 3 heteroatoms. The Morgan fingerprint density at radius 3 is 2.38 bits per heavy atom. The molecule has 0 bridgehead atoms. The molecule has 0 radical (unpaired) electrons. The Morgan fingerprint density at radius 2 is 1.92 bits per heavy atom. The molecule has 0 saturated carbocycles. The van der Waals surface area contributed by atoms with Gasteiger partial charge in [-0.05, 0) is 18.8 Å². The summed E-state index contributed by atoms with van der Waals surface area (Å²) in [5, 5.41) is 8.49. The Bertz CT molecular complexity index is 143. The molecule has 1 atom stereocenters. The van der Waals surface area contributed by atoms with E-state index >= 15 is 0 Å². The van der Waals surface area contributed by atoms with Crippen molar-refractivity contribution in [3.05, 3.63) is 0 Å². The second-order valence-corrected chi connectivity index (χ2v) is 3.63. The number of ether oxygens (including phenoxy) is 1. The average Bonchev–Trinajstić information content (AvgIpc) is 2.10. The van der Waals surface area contributed by atoms with Crippen LogP contribution in [0.5, 0.6) is 0 Å². The fourth-order valence-corrected chi connectivity index (χ4v) is 0.790. The van der Waals surface area contributed by atoms with E-state index in [1.807, 2.05) is 20.8 Å². The van der Waals surface area contributed by atoms with Gasteiger partial charge in [-0.15, -0.1) is 0 Å². The van der Waals surface area contributed by atoms with Gasteiger partial charge in [0.25, 0.3) is 0 Å². The van der Waals surface area contributed by atoms with E-state index in [2.05, 4.69) is 0 Å². The van der Waals surface area contributed by atoms with Crippen molar-refractivity contribution >= 4 is 5.97 Å². The van der Waals surface area contributed by atoms with Crippen molar-refractivity contribution in [3.63, 3.8) is 0 Å². The Balaban J connectivity index is 3.50. The van der Waals surface area contributed by atoms with Crippen LogP contribution in [0.25, 0.3) is 0 Å². The van der Waals surface area contributed by atoms with Crippen LogP contribution in [0.1, 0.15) is 33.6 Å². The molecule has 0 fully saturated rings. The minimum absolute atomic E-state index is 0.0332. The number of esters is 1. The van der Waals surface area contributed by atoms with Crippen molar-refractivity contribution < 1.29 is 14.6 Å². The Morgan fingerprint density at radius 1 is 1.31 bits per heavy atom. The largest absolute Gasteiger partial charge is 0.465 e.